The van der Waals surface area contributed by atoms with E-state index in [1.165, 1.54) is 16.7 Å². The maximum absolute atomic E-state index is 5.39. The lowest BCUT2D eigenvalue weighted by Gasteiger charge is -2.25. The number of nitrogens with zero attached hydrogens (tertiary/aromatic N) is 1. The highest BCUT2D eigenvalue weighted by atomic mass is 35.5. The van der Waals surface area contributed by atoms with Gasteiger partial charge in [0.05, 0.1) is 7.11 Å². The topological polar surface area (TPSA) is 12.5 Å². The van der Waals surface area contributed by atoms with Crippen molar-refractivity contribution in [3.05, 3.63) is 71.8 Å². The van der Waals surface area contributed by atoms with Crippen molar-refractivity contribution in [1.29, 1.82) is 0 Å². The molecule has 24 heavy (non-hydrogen) atoms. The van der Waals surface area contributed by atoms with Gasteiger partial charge in [0.1, 0.15) is 5.75 Å². The van der Waals surface area contributed by atoms with Crippen LogP contribution in [0.5, 0.6) is 5.75 Å². The Balaban J connectivity index is 0.00000288. The number of methoxy groups -OCH3 is 1. The van der Waals surface area contributed by atoms with Crippen LogP contribution in [0.3, 0.4) is 0 Å². The smallest absolute Gasteiger partial charge is 0.119 e. The number of hydrogen-bond donors (Lipinski definition) is 0. The van der Waals surface area contributed by atoms with Gasteiger partial charge in [-0.3, -0.25) is 0 Å². The molecule has 0 aromatic heterocycles. The minimum absolute atomic E-state index is 0. The van der Waals surface area contributed by atoms with Crippen LogP contribution in [0.2, 0.25) is 0 Å². The molecule has 0 heterocycles. The van der Waals surface area contributed by atoms with E-state index in [1.807, 2.05) is 6.07 Å². The number of halogens is 1. The van der Waals surface area contributed by atoms with Crippen molar-refractivity contribution in [2.45, 2.75) is 13.3 Å². The molecule has 0 amide bonds. The molecule has 2 nitrogen and oxygen atoms in total. The third-order valence-electron chi connectivity index (χ3n) is 4.06. The Kier molecular flexibility index (Phi) is 8.59. The zero-order valence-electron chi connectivity index (χ0n) is 15.0. The molecule has 0 fully saturated rings. The third-order valence-corrected chi connectivity index (χ3v) is 4.06. The Hall–Kier alpha value is -1.77. The lowest BCUT2D eigenvalue weighted by Crippen LogP contribution is -2.24. The summed E-state index contributed by atoms with van der Waals surface area (Å²) in [6.45, 7) is 3.15. The van der Waals surface area contributed by atoms with Crippen LogP contribution in [0.15, 0.2) is 60.7 Å². The summed E-state index contributed by atoms with van der Waals surface area (Å²) in [4.78, 5) is 2.26. The Bertz CT molecular complexity index is 637. The standard InChI is InChI=1S/C21H27NO.ClH/c1-5-21(18-12-9-13-20(15-18)23-4)19(16-22(2)3)14-17-10-7-6-8-11-17;/h5-13,15,19H,14,16H2,1-4H3;1H. The van der Waals surface area contributed by atoms with Gasteiger partial charge in [0.25, 0.3) is 0 Å². The molecule has 0 aliphatic rings. The van der Waals surface area contributed by atoms with Crippen molar-refractivity contribution in [2.75, 3.05) is 27.7 Å². The second-order valence-corrected chi connectivity index (χ2v) is 6.12. The van der Waals surface area contributed by atoms with Crippen molar-refractivity contribution in [1.82, 2.24) is 4.90 Å². The molecule has 0 spiro atoms. The van der Waals surface area contributed by atoms with E-state index in [-0.39, 0.29) is 12.4 Å². The summed E-state index contributed by atoms with van der Waals surface area (Å²) in [6, 6.07) is 19.1. The molecule has 1 atom stereocenters. The first-order valence-electron chi connectivity index (χ1n) is 8.13. The monoisotopic (exact) mass is 345 g/mol. The Morgan fingerprint density at radius 2 is 1.79 bits per heavy atom. The van der Waals surface area contributed by atoms with E-state index < -0.39 is 0 Å². The molecule has 1 unspecified atom stereocenters. The highest BCUT2D eigenvalue weighted by Gasteiger charge is 2.17. The van der Waals surface area contributed by atoms with Crippen LogP contribution in [0.4, 0.5) is 0 Å². The van der Waals surface area contributed by atoms with Crippen LogP contribution in [0.1, 0.15) is 18.1 Å². The number of ether oxygens (including phenoxy) is 1. The summed E-state index contributed by atoms with van der Waals surface area (Å²) in [5.74, 6) is 1.36. The van der Waals surface area contributed by atoms with E-state index in [2.05, 4.69) is 80.5 Å². The predicted molar refractivity (Wildman–Crippen MR) is 106 cm³/mol. The van der Waals surface area contributed by atoms with Gasteiger partial charge in [-0.1, -0.05) is 48.5 Å². The van der Waals surface area contributed by atoms with Crippen LogP contribution in [-0.4, -0.2) is 32.6 Å². The Morgan fingerprint density at radius 1 is 1.08 bits per heavy atom. The summed E-state index contributed by atoms with van der Waals surface area (Å²) >= 11 is 0. The molecule has 0 aliphatic carbocycles. The van der Waals surface area contributed by atoms with Gasteiger partial charge in [-0.2, -0.15) is 0 Å². The van der Waals surface area contributed by atoms with E-state index in [0.29, 0.717) is 5.92 Å². The normalized spacial score (nSPS) is 12.6. The number of allylic oxidation sites excluding steroid dienone is 1. The molecular formula is C21H28ClNO. The second kappa shape index (κ2) is 10.2. The quantitative estimate of drug-likeness (QED) is 0.704. The molecule has 2 aromatic rings. The largest absolute Gasteiger partial charge is 0.497 e. The van der Waals surface area contributed by atoms with Gasteiger partial charge in [0.2, 0.25) is 0 Å². The van der Waals surface area contributed by atoms with E-state index in [9.17, 15) is 0 Å². The number of rotatable bonds is 7. The van der Waals surface area contributed by atoms with E-state index in [1.54, 1.807) is 7.11 Å². The third kappa shape index (κ3) is 5.70. The molecule has 2 aromatic carbocycles. The lowest BCUT2D eigenvalue weighted by molar-refractivity contribution is 0.363. The Labute approximate surface area is 152 Å². The second-order valence-electron chi connectivity index (χ2n) is 6.12. The van der Waals surface area contributed by atoms with Gasteiger partial charge in [-0.15, -0.1) is 12.4 Å². The van der Waals surface area contributed by atoms with E-state index in [0.717, 1.165) is 18.7 Å². The SMILES string of the molecule is CC=C(c1cccc(OC)c1)C(Cc1ccccc1)CN(C)C.Cl. The van der Waals surface area contributed by atoms with E-state index >= 15 is 0 Å². The predicted octanol–water partition coefficient (Wildman–Crippen LogP) is 4.94. The number of benzene rings is 2. The summed E-state index contributed by atoms with van der Waals surface area (Å²) in [5, 5.41) is 0. The van der Waals surface area contributed by atoms with Crippen molar-refractivity contribution in [3.63, 3.8) is 0 Å². The fourth-order valence-electron chi connectivity index (χ4n) is 3.05. The lowest BCUT2D eigenvalue weighted by atomic mass is 9.86. The van der Waals surface area contributed by atoms with Crippen molar-refractivity contribution in [2.24, 2.45) is 5.92 Å². The van der Waals surface area contributed by atoms with Crippen molar-refractivity contribution < 1.29 is 4.74 Å². The van der Waals surface area contributed by atoms with Crippen LogP contribution >= 0.6 is 12.4 Å². The number of hydrogen-bond acceptors (Lipinski definition) is 2. The van der Waals surface area contributed by atoms with Gasteiger partial charge >= 0.3 is 0 Å². The zero-order valence-corrected chi connectivity index (χ0v) is 15.8. The van der Waals surface area contributed by atoms with Gasteiger partial charge in [0, 0.05) is 12.5 Å². The molecule has 0 bridgehead atoms. The summed E-state index contributed by atoms with van der Waals surface area (Å²) in [5.41, 5.74) is 4.00. The first-order chi connectivity index (χ1) is 11.1. The van der Waals surface area contributed by atoms with E-state index in [4.69, 9.17) is 4.74 Å². The molecule has 3 heteroatoms. The fraction of sp³-hybridized carbons (Fsp3) is 0.333. The zero-order chi connectivity index (χ0) is 16.7. The molecule has 0 saturated carbocycles. The maximum atomic E-state index is 5.39. The van der Waals surface area contributed by atoms with Crippen molar-refractivity contribution >= 4 is 18.0 Å². The molecular weight excluding hydrogens is 318 g/mol. The van der Waals surface area contributed by atoms with Crippen molar-refractivity contribution in [3.8, 4) is 5.75 Å². The highest BCUT2D eigenvalue weighted by Crippen LogP contribution is 2.29. The first-order valence-corrected chi connectivity index (χ1v) is 8.13. The molecule has 0 radical (unpaired) electrons. The first kappa shape index (κ1) is 20.3. The minimum atomic E-state index is 0. The fourth-order valence-corrected chi connectivity index (χ4v) is 3.05. The van der Waals surface area contributed by atoms with Gasteiger partial charge in [-0.05, 0) is 56.3 Å². The summed E-state index contributed by atoms with van der Waals surface area (Å²) in [6.07, 6.45) is 3.28. The molecule has 2 rings (SSSR count). The molecule has 0 N–H and O–H groups in total. The van der Waals surface area contributed by atoms with Crippen LogP contribution in [0.25, 0.3) is 5.57 Å². The molecule has 0 aliphatic heterocycles. The van der Waals surface area contributed by atoms with Gasteiger partial charge < -0.3 is 9.64 Å². The average molecular weight is 346 g/mol. The van der Waals surface area contributed by atoms with Crippen LogP contribution in [-0.2, 0) is 6.42 Å². The van der Waals surface area contributed by atoms with Gasteiger partial charge in [-0.25, -0.2) is 0 Å². The van der Waals surface area contributed by atoms with Crippen LogP contribution < -0.4 is 4.74 Å². The minimum Gasteiger partial charge on any atom is -0.497 e. The highest BCUT2D eigenvalue weighted by molar-refractivity contribution is 5.85. The summed E-state index contributed by atoms with van der Waals surface area (Å²) < 4.78 is 5.39. The molecule has 130 valence electrons. The Morgan fingerprint density at radius 3 is 2.38 bits per heavy atom. The maximum Gasteiger partial charge on any atom is 0.119 e. The average Bonchev–Trinajstić information content (AvgIpc) is 2.56. The molecule has 0 saturated heterocycles. The summed E-state index contributed by atoms with van der Waals surface area (Å²) in [7, 11) is 5.99. The van der Waals surface area contributed by atoms with Crippen LogP contribution in [0, 0.1) is 5.92 Å². The van der Waals surface area contributed by atoms with Gasteiger partial charge in [0.15, 0.2) is 0 Å².